The maximum absolute atomic E-state index is 14.0. The number of benzene rings is 2. The number of nitrogens with one attached hydrogen (secondary N) is 2. The van der Waals surface area contributed by atoms with E-state index in [0.717, 1.165) is 11.8 Å². The lowest BCUT2D eigenvalue weighted by molar-refractivity contribution is -0.120. The van der Waals surface area contributed by atoms with Gasteiger partial charge in [0.1, 0.15) is 5.82 Å². The highest BCUT2D eigenvalue weighted by atomic mass is 32.2. The summed E-state index contributed by atoms with van der Waals surface area (Å²) in [5, 5.41) is 5.28. The first-order valence-electron chi connectivity index (χ1n) is 7.92. The third-order valence-corrected chi connectivity index (χ3v) is 4.67. The summed E-state index contributed by atoms with van der Waals surface area (Å²) in [4.78, 5) is 35.3. The molecule has 136 valence electrons. The van der Waals surface area contributed by atoms with Crippen LogP contribution in [-0.2, 0) is 16.0 Å². The Morgan fingerprint density at radius 1 is 1.08 bits per heavy atom. The average molecular weight is 374 g/mol. The smallest absolute Gasteiger partial charge is 0.234 e. The Balaban J connectivity index is 2.00. The zero-order valence-electron chi connectivity index (χ0n) is 14.5. The van der Waals surface area contributed by atoms with Gasteiger partial charge in [0.05, 0.1) is 12.2 Å². The van der Waals surface area contributed by atoms with Gasteiger partial charge in [-0.3, -0.25) is 14.4 Å². The van der Waals surface area contributed by atoms with E-state index in [1.165, 1.54) is 25.1 Å². The minimum Gasteiger partial charge on any atom is -0.359 e. The first-order chi connectivity index (χ1) is 12.4. The molecule has 0 atom stereocenters. The van der Waals surface area contributed by atoms with Crippen LogP contribution >= 0.6 is 11.8 Å². The van der Waals surface area contributed by atoms with Gasteiger partial charge in [0, 0.05) is 23.2 Å². The topological polar surface area (TPSA) is 75.3 Å². The molecule has 0 radical (unpaired) electrons. The van der Waals surface area contributed by atoms with E-state index in [0.29, 0.717) is 21.7 Å². The standard InChI is InChI=1S/C19H19FN2O3S/c1-12(23)13-7-8-17(15(20)9-13)26-11-19(25)22-16-6-4-3-5-14(16)10-18(24)21-2/h3-9H,10-11H2,1-2H3,(H,21,24)(H,22,25). The molecular formula is C19H19FN2O3S. The fourth-order valence-corrected chi connectivity index (χ4v) is 2.94. The Bertz CT molecular complexity index is 839. The van der Waals surface area contributed by atoms with Gasteiger partial charge >= 0.3 is 0 Å². The van der Waals surface area contributed by atoms with Gasteiger partial charge in [-0.2, -0.15) is 0 Å². The number of ketones is 1. The van der Waals surface area contributed by atoms with Crippen molar-refractivity contribution in [1.29, 1.82) is 0 Å². The van der Waals surface area contributed by atoms with Crippen molar-refractivity contribution in [3.05, 3.63) is 59.4 Å². The minimum atomic E-state index is -0.532. The quantitative estimate of drug-likeness (QED) is 0.577. The van der Waals surface area contributed by atoms with Crippen molar-refractivity contribution in [2.75, 3.05) is 18.1 Å². The molecule has 5 nitrogen and oxygen atoms in total. The van der Waals surface area contributed by atoms with Crippen LogP contribution in [0.25, 0.3) is 0 Å². The Morgan fingerprint density at radius 2 is 1.81 bits per heavy atom. The number of carbonyl (C=O) groups excluding carboxylic acids is 3. The molecule has 0 fully saturated rings. The molecule has 0 heterocycles. The summed E-state index contributed by atoms with van der Waals surface area (Å²) < 4.78 is 14.0. The average Bonchev–Trinajstić information content (AvgIpc) is 2.62. The molecule has 0 bridgehead atoms. The molecule has 0 saturated heterocycles. The van der Waals surface area contributed by atoms with Gasteiger partial charge in [-0.15, -0.1) is 11.8 Å². The maximum Gasteiger partial charge on any atom is 0.234 e. The molecule has 0 spiro atoms. The molecule has 0 aliphatic carbocycles. The second kappa shape index (κ2) is 9.15. The number of hydrogen-bond donors (Lipinski definition) is 2. The van der Waals surface area contributed by atoms with E-state index in [1.807, 2.05) is 0 Å². The Hall–Kier alpha value is -2.67. The van der Waals surface area contributed by atoms with Crippen LogP contribution in [0.2, 0.25) is 0 Å². The van der Waals surface area contributed by atoms with Crippen molar-refractivity contribution in [3.63, 3.8) is 0 Å². The molecule has 2 amide bonds. The molecule has 26 heavy (non-hydrogen) atoms. The number of amides is 2. The molecule has 7 heteroatoms. The van der Waals surface area contributed by atoms with E-state index >= 15 is 0 Å². The minimum absolute atomic E-state index is 0.00461. The number of halogens is 1. The second-order valence-electron chi connectivity index (χ2n) is 5.55. The number of Topliss-reactive ketones (excluding diaryl/α,β-unsaturated/α-hetero) is 1. The Kier molecular flexibility index (Phi) is 6.91. The fourth-order valence-electron chi connectivity index (χ4n) is 2.22. The third kappa shape index (κ3) is 5.42. The molecule has 0 aliphatic rings. The van der Waals surface area contributed by atoms with Crippen molar-refractivity contribution < 1.29 is 18.8 Å². The molecule has 2 rings (SSSR count). The van der Waals surface area contributed by atoms with E-state index in [1.54, 1.807) is 31.3 Å². The monoisotopic (exact) mass is 374 g/mol. The van der Waals surface area contributed by atoms with Crippen LogP contribution in [0.15, 0.2) is 47.4 Å². The SMILES string of the molecule is CNC(=O)Cc1ccccc1NC(=O)CSc1ccc(C(C)=O)cc1F. The highest BCUT2D eigenvalue weighted by Crippen LogP contribution is 2.23. The summed E-state index contributed by atoms with van der Waals surface area (Å²) in [5.41, 5.74) is 1.54. The summed E-state index contributed by atoms with van der Waals surface area (Å²) in [7, 11) is 1.55. The number of rotatable bonds is 7. The Labute approximate surface area is 155 Å². The van der Waals surface area contributed by atoms with Gasteiger partial charge in [0.15, 0.2) is 5.78 Å². The van der Waals surface area contributed by atoms with Gasteiger partial charge < -0.3 is 10.6 Å². The first-order valence-corrected chi connectivity index (χ1v) is 8.91. The van der Waals surface area contributed by atoms with Crippen LogP contribution in [0, 0.1) is 5.82 Å². The largest absolute Gasteiger partial charge is 0.359 e. The molecular weight excluding hydrogens is 355 g/mol. The van der Waals surface area contributed by atoms with Crippen LogP contribution in [0.4, 0.5) is 10.1 Å². The van der Waals surface area contributed by atoms with Crippen LogP contribution in [0.1, 0.15) is 22.8 Å². The lowest BCUT2D eigenvalue weighted by atomic mass is 10.1. The van der Waals surface area contributed by atoms with Crippen LogP contribution in [0.5, 0.6) is 0 Å². The summed E-state index contributed by atoms with van der Waals surface area (Å²) in [5.74, 6) is -1.21. The Morgan fingerprint density at radius 3 is 2.46 bits per heavy atom. The van der Waals surface area contributed by atoms with Crippen molar-refractivity contribution in [2.45, 2.75) is 18.2 Å². The second-order valence-corrected chi connectivity index (χ2v) is 6.56. The number of thioether (sulfide) groups is 1. The predicted octanol–water partition coefficient (Wildman–Crippen LogP) is 3.05. The normalized spacial score (nSPS) is 10.3. The summed E-state index contributed by atoms with van der Waals surface area (Å²) in [6, 6.07) is 11.2. The van der Waals surface area contributed by atoms with Gasteiger partial charge in [0.25, 0.3) is 0 Å². The van der Waals surface area contributed by atoms with Crippen molar-refractivity contribution in [3.8, 4) is 0 Å². The zero-order valence-corrected chi connectivity index (χ0v) is 15.3. The molecule has 0 unspecified atom stereocenters. The molecule has 0 aliphatic heterocycles. The zero-order chi connectivity index (χ0) is 19.1. The molecule has 0 aromatic heterocycles. The number of anilines is 1. The van der Waals surface area contributed by atoms with Crippen LogP contribution < -0.4 is 10.6 Å². The molecule has 2 aromatic carbocycles. The van der Waals surface area contributed by atoms with Crippen molar-refractivity contribution in [1.82, 2.24) is 5.32 Å². The highest BCUT2D eigenvalue weighted by Gasteiger charge is 2.12. The van der Waals surface area contributed by atoms with Gasteiger partial charge in [0.2, 0.25) is 11.8 Å². The number of carbonyl (C=O) groups is 3. The molecule has 0 saturated carbocycles. The lowest BCUT2D eigenvalue weighted by Gasteiger charge is -2.11. The van der Waals surface area contributed by atoms with Gasteiger partial charge in [-0.25, -0.2) is 4.39 Å². The van der Waals surface area contributed by atoms with Crippen LogP contribution in [-0.4, -0.2) is 30.4 Å². The van der Waals surface area contributed by atoms with E-state index < -0.39 is 5.82 Å². The van der Waals surface area contributed by atoms with Crippen LogP contribution in [0.3, 0.4) is 0 Å². The van der Waals surface area contributed by atoms with Gasteiger partial charge in [-0.05, 0) is 30.7 Å². The van der Waals surface area contributed by atoms with E-state index in [9.17, 15) is 18.8 Å². The predicted molar refractivity (Wildman–Crippen MR) is 100.0 cm³/mol. The van der Waals surface area contributed by atoms with E-state index in [4.69, 9.17) is 0 Å². The van der Waals surface area contributed by atoms with E-state index in [-0.39, 0.29) is 29.8 Å². The van der Waals surface area contributed by atoms with Gasteiger partial charge in [-0.1, -0.05) is 24.3 Å². The maximum atomic E-state index is 14.0. The number of likely N-dealkylation sites (N-methyl/N-ethyl adjacent to an activating group) is 1. The number of hydrogen-bond acceptors (Lipinski definition) is 4. The summed E-state index contributed by atoms with van der Waals surface area (Å²) in [6.07, 6.45) is 0.154. The third-order valence-electron chi connectivity index (χ3n) is 3.62. The van der Waals surface area contributed by atoms with E-state index in [2.05, 4.69) is 10.6 Å². The van der Waals surface area contributed by atoms with Crippen molar-refractivity contribution in [2.24, 2.45) is 0 Å². The molecule has 2 aromatic rings. The lowest BCUT2D eigenvalue weighted by Crippen LogP contribution is -2.21. The van der Waals surface area contributed by atoms with Crippen molar-refractivity contribution >= 4 is 35.0 Å². The highest BCUT2D eigenvalue weighted by molar-refractivity contribution is 8.00. The molecule has 2 N–H and O–H groups in total. The number of para-hydroxylation sites is 1. The fraction of sp³-hybridized carbons (Fsp3) is 0.211. The summed E-state index contributed by atoms with van der Waals surface area (Å²) in [6.45, 7) is 1.37. The summed E-state index contributed by atoms with van der Waals surface area (Å²) >= 11 is 1.04. The first kappa shape index (κ1) is 19.7.